The first-order valence-corrected chi connectivity index (χ1v) is 15.5. The Morgan fingerprint density at radius 2 is 0.900 bits per heavy atom. The molecular formula is C31H26N2O5S2. The fourth-order valence-corrected chi connectivity index (χ4v) is 7.75. The predicted octanol–water partition coefficient (Wildman–Crippen LogP) is 5.77. The summed E-state index contributed by atoms with van der Waals surface area (Å²) in [5, 5.41) is 12.8. The number of hydrogen-bond acceptors (Lipinski definition) is 5. The highest BCUT2D eigenvalue weighted by Gasteiger charge is 2.28. The molecule has 1 N–H and O–H groups in total. The molecule has 0 radical (unpaired) electrons. The average molecular weight is 571 g/mol. The number of rotatable bonds is 6. The molecule has 0 bridgehead atoms. The number of aromatic nitrogens is 2. The summed E-state index contributed by atoms with van der Waals surface area (Å²) in [6.45, 7) is 3.76. The van der Waals surface area contributed by atoms with Crippen LogP contribution < -0.4 is 0 Å². The summed E-state index contributed by atoms with van der Waals surface area (Å²) >= 11 is 0. The number of aliphatic hydroxyl groups is 1. The van der Waals surface area contributed by atoms with Crippen LogP contribution in [0.1, 0.15) is 28.4 Å². The number of nitrogens with zero attached hydrogens (tertiary/aromatic N) is 2. The zero-order chi connectivity index (χ0) is 28.2. The molecule has 0 saturated heterocycles. The zero-order valence-electron chi connectivity index (χ0n) is 21.8. The van der Waals surface area contributed by atoms with E-state index in [1.807, 2.05) is 13.8 Å². The van der Waals surface area contributed by atoms with Crippen molar-refractivity contribution in [3.63, 3.8) is 0 Å². The third-order valence-electron chi connectivity index (χ3n) is 7.16. The Morgan fingerprint density at radius 3 is 1.27 bits per heavy atom. The molecule has 4 aromatic carbocycles. The molecule has 2 aromatic heterocycles. The molecule has 0 atom stereocenters. The van der Waals surface area contributed by atoms with Crippen molar-refractivity contribution in [2.45, 2.75) is 29.7 Å². The van der Waals surface area contributed by atoms with E-state index in [1.165, 1.54) is 20.3 Å². The standard InChI is InChI=1S/C31H26N2O5S2/c1-21-11-15-23(16-12-21)39(35,36)32-19-27(25-7-3-5-9-29(25)32)31(34)28-20-33(30-10-6-4-8-26(28)30)40(37,38)24-17-13-22(2)14-18-24/h3-20,31,34H,1-2H3. The zero-order valence-corrected chi connectivity index (χ0v) is 23.4. The molecule has 7 nitrogen and oxygen atoms in total. The monoisotopic (exact) mass is 570 g/mol. The largest absolute Gasteiger partial charge is 0.383 e. The summed E-state index contributed by atoms with van der Waals surface area (Å²) < 4.78 is 57.0. The Morgan fingerprint density at radius 1 is 0.550 bits per heavy atom. The topological polar surface area (TPSA) is 98.4 Å². The Hall–Kier alpha value is -4.18. The maximum Gasteiger partial charge on any atom is 0.268 e. The molecular weight excluding hydrogens is 544 g/mol. The average Bonchev–Trinajstić information content (AvgIpc) is 3.54. The van der Waals surface area contributed by atoms with Crippen LogP contribution >= 0.6 is 0 Å². The van der Waals surface area contributed by atoms with Crippen molar-refractivity contribution in [1.82, 2.24) is 7.94 Å². The predicted molar refractivity (Wildman–Crippen MR) is 155 cm³/mol. The van der Waals surface area contributed by atoms with Crippen LogP contribution in [0.5, 0.6) is 0 Å². The first-order valence-electron chi connectivity index (χ1n) is 12.6. The molecule has 9 heteroatoms. The summed E-state index contributed by atoms with van der Waals surface area (Å²) in [6.07, 6.45) is 1.54. The number of aryl methyl sites for hydroxylation is 2. The number of benzene rings is 4. The summed E-state index contributed by atoms with van der Waals surface area (Å²) in [7, 11) is -7.95. The van der Waals surface area contributed by atoms with Gasteiger partial charge in [-0.15, -0.1) is 0 Å². The van der Waals surface area contributed by atoms with E-state index in [0.717, 1.165) is 11.1 Å². The molecule has 40 heavy (non-hydrogen) atoms. The van der Waals surface area contributed by atoms with Crippen molar-refractivity contribution in [3.05, 3.63) is 132 Å². The fourth-order valence-electron chi connectivity index (χ4n) is 5.00. The van der Waals surface area contributed by atoms with Gasteiger partial charge < -0.3 is 5.11 Å². The van der Waals surface area contributed by atoms with Crippen molar-refractivity contribution in [2.75, 3.05) is 0 Å². The second-order valence-electron chi connectivity index (χ2n) is 9.83. The second-order valence-corrected chi connectivity index (χ2v) is 13.5. The molecule has 0 spiro atoms. The van der Waals surface area contributed by atoms with Crippen molar-refractivity contribution < 1.29 is 21.9 Å². The van der Waals surface area contributed by atoms with Crippen LogP contribution in [0.3, 0.4) is 0 Å². The fraction of sp³-hybridized carbons (Fsp3) is 0.0968. The quantitative estimate of drug-likeness (QED) is 0.274. The lowest BCUT2D eigenvalue weighted by molar-refractivity contribution is 0.223. The van der Waals surface area contributed by atoms with Gasteiger partial charge in [0.05, 0.1) is 20.8 Å². The van der Waals surface area contributed by atoms with Crippen LogP contribution in [0.4, 0.5) is 0 Å². The van der Waals surface area contributed by atoms with Gasteiger partial charge in [0.2, 0.25) is 0 Å². The second kappa shape index (κ2) is 9.48. The minimum Gasteiger partial charge on any atom is -0.383 e. The SMILES string of the molecule is Cc1ccc(S(=O)(=O)n2cc(C(O)c3cn(S(=O)(=O)c4ccc(C)cc4)c4ccccc34)c3ccccc32)cc1. The van der Waals surface area contributed by atoms with Crippen LogP contribution in [0, 0.1) is 13.8 Å². The minimum absolute atomic E-state index is 0.126. The lowest BCUT2D eigenvalue weighted by Gasteiger charge is -2.09. The lowest BCUT2D eigenvalue weighted by atomic mass is 10.0. The summed E-state index contributed by atoms with van der Waals surface area (Å²) in [5.74, 6) is 0. The van der Waals surface area contributed by atoms with E-state index in [0.29, 0.717) is 32.9 Å². The molecule has 0 unspecified atom stereocenters. The maximum absolute atomic E-state index is 13.7. The lowest BCUT2D eigenvalue weighted by Crippen LogP contribution is -2.12. The van der Waals surface area contributed by atoms with Crippen molar-refractivity contribution in [2.24, 2.45) is 0 Å². The van der Waals surface area contributed by atoms with Crippen LogP contribution in [-0.2, 0) is 20.0 Å². The highest BCUT2D eigenvalue weighted by molar-refractivity contribution is 7.90. The number of fused-ring (bicyclic) bond motifs is 2. The maximum atomic E-state index is 13.7. The van der Waals surface area contributed by atoms with Gasteiger partial charge in [0.15, 0.2) is 0 Å². The molecule has 2 heterocycles. The number of aliphatic hydroxyl groups excluding tert-OH is 1. The first-order chi connectivity index (χ1) is 19.1. The molecule has 0 aliphatic heterocycles. The van der Waals surface area contributed by atoms with Crippen LogP contribution in [0.25, 0.3) is 21.8 Å². The van der Waals surface area contributed by atoms with Gasteiger partial charge in [-0.25, -0.2) is 24.8 Å². The Labute approximate surface area is 232 Å². The molecule has 0 aliphatic rings. The number of hydrogen-bond donors (Lipinski definition) is 1. The first kappa shape index (κ1) is 26.1. The highest BCUT2D eigenvalue weighted by atomic mass is 32.2. The van der Waals surface area contributed by atoms with Gasteiger partial charge in [-0.05, 0) is 50.2 Å². The third-order valence-corrected chi connectivity index (χ3v) is 10.5. The Kier molecular flexibility index (Phi) is 6.18. The normalized spacial score (nSPS) is 12.5. The summed E-state index contributed by atoms with van der Waals surface area (Å²) in [5.41, 5.74) is 3.39. The van der Waals surface area contributed by atoms with Crippen LogP contribution in [-0.4, -0.2) is 29.9 Å². The van der Waals surface area contributed by atoms with E-state index in [2.05, 4.69) is 0 Å². The third kappa shape index (κ3) is 4.14. The van der Waals surface area contributed by atoms with Gasteiger partial charge in [-0.2, -0.15) is 0 Å². The van der Waals surface area contributed by atoms with E-state index in [4.69, 9.17) is 0 Å². The Balaban J connectivity index is 1.53. The van der Waals surface area contributed by atoms with Gasteiger partial charge in [-0.1, -0.05) is 71.8 Å². The van der Waals surface area contributed by atoms with Gasteiger partial charge in [-0.3, -0.25) is 0 Å². The highest BCUT2D eigenvalue weighted by Crippen LogP contribution is 2.37. The van der Waals surface area contributed by atoms with E-state index in [1.54, 1.807) is 97.1 Å². The van der Waals surface area contributed by atoms with Gasteiger partial charge in [0.1, 0.15) is 6.10 Å². The molecule has 0 fully saturated rings. The van der Waals surface area contributed by atoms with E-state index >= 15 is 0 Å². The number of para-hydroxylation sites is 2. The molecule has 0 aliphatic carbocycles. The van der Waals surface area contributed by atoms with Gasteiger partial charge >= 0.3 is 0 Å². The summed E-state index contributed by atoms with van der Waals surface area (Å²) in [4.78, 5) is 0.251. The molecule has 6 rings (SSSR count). The molecule has 202 valence electrons. The minimum atomic E-state index is -3.97. The van der Waals surface area contributed by atoms with Crippen LogP contribution in [0.2, 0.25) is 0 Å². The Bertz CT molecular complexity index is 1950. The van der Waals surface area contributed by atoms with Crippen molar-refractivity contribution in [1.29, 1.82) is 0 Å². The van der Waals surface area contributed by atoms with E-state index < -0.39 is 26.2 Å². The smallest absolute Gasteiger partial charge is 0.268 e. The van der Waals surface area contributed by atoms with Gasteiger partial charge in [0.25, 0.3) is 20.0 Å². The van der Waals surface area contributed by atoms with E-state index in [9.17, 15) is 21.9 Å². The van der Waals surface area contributed by atoms with Crippen molar-refractivity contribution in [3.8, 4) is 0 Å². The molecule has 0 amide bonds. The van der Waals surface area contributed by atoms with Crippen molar-refractivity contribution >= 4 is 41.9 Å². The van der Waals surface area contributed by atoms with Crippen LogP contribution in [0.15, 0.2) is 119 Å². The summed E-state index contributed by atoms with van der Waals surface area (Å²) in [6, 6.07) is 27.0. The van der Waals surface area contributed by atoms with E-state index in [-0.39, 0.29) is 9.79 Å². The molecule has 6 aromatic rings. The molecule has 0 saturated carbocycles. The van der Waals surface area contributed by atoms with Gasteiger partial charge in [0, 0.05) is 34.3 Å².